The number of benzene rings is 1. The predicted molar refractivity (Wildman–Crippen MR) is 86.3 cm³/mol. The molecule has 0 atom stereocenters. The number of carbonyl (C=O) groups excluding carboxylic acids is 1. The number of rotatable bonds is 6. The first-order valence-corrected chi connectivity index (χ1v) is 8.82. The molecule has 0 fully saturated rings. The zero-order valence-electron chi connectivity index (χ0n) is 13.9. The molecule has 0 heterocycles. The van der Waals surface area contributed by atoms with Gasteiger partial charge in [-0.25, -0.2) is 13.1 Å². The highest BCUT2D eigenvalue weighted by molar-refractivity contribution is 7.89. The fraction of sp³-hybridized carbons (Fsp3) is 0.562. The second-order valence-electron chi connectivity index (χ2n) is 6.18. The van der Waals surface area contributed by atoms with E-state index in [0.717, 1.165) is 5.56 Å². The molecule has 124 valence electrons. The molecule has 0 radical (unpaired) electrons. The van der Waals surface area contributed by atoms with Crippen LogP contribution in [0.3, 0.4) is 0 Å². The van der Waals surface area contributed by atoms with Gasteiger partial charge in [0.15, 0.2) is 0 Å². The van der Waals surface area contributed by atoms with E-state index in [4.69, 9.17) is 4.74 Å². The predicted octanol–water partition coefficient (Wildman–Crippen LogP) is 2.52. The Morgan fingerprint density at radius 3 is 2.45 bits per heavy atom. The lowest BCUT2D eigenvalue weighted by Gasteiger charge is -2.20. The van der Waals surface area contributed by atoms with Crippen LogP contribution < -0.4 is 4.72 Å². The summed E-state index contributed by atoms with van der Waals surface area (Å²) < 4.78 is 32.0. The van der Waals surface area contributed by atoms with Gasteiger partial charge in [-0.15, -0.1) is 0 Å². The largest absolute Gasteiger partial charge is 0.466 e. The Morgan fingerprint density at radius 1 is 1.27 bits per heavy atom. The molecule has 0 aliphatic carbocycles. The summed E-state index contributed by atoms with van der Waals surface area (Å²) >= 11 is 0. The normalized spacial score (nSPS) is 12.2. The third kappa shape index (κ3) is 5.10. The number of esters is 1. The molecule has 0 unspecified atom stereocenters. The average molecular weight is 327 g/mol. The van der Waals surface area contributed by atoms with Crippen LogP contribution in [0.1, 0.15) is 45.2 Å². The quantitative estimate of drug-likeness (QED) is 0.815. The highest BCUT2D eigenvalue weighted by Gasteiger charge is 2.21. The van der Waals surface area contributed by atoms with Gasteiger partial charge in [0.2, 0.25) is 10.0 Å². The van der Waals surface area contributed by atoms with Crippen molar-refractivity contribution in [3.63, 3.8) is 0 Å². The molecule has 0 aliphatic rings. The first-order valence-electron chi connectivity index (χ1n) is 7.34. The molecule has 1 rings (SSSR count). The second kappa shape index (κ2) is 7.24. The van der Waals surface area contributed by atoms with E-state index in [1.165, 1.54) is 0 Å². The van der Waals surface area contributed by atoms with E-state index in [-0.39, 0.29) is 29.9 Å². The fourth-order valence-corrected chi connectivity index (χ4v) is 3.25. The maximum atomic E-state index is 12.4. The monoisotopic (exact) mass is 327 g/mol. The van der Waals surface area contributed by atoms with Crippen molar-refractivity contribution in [2.75, 3.05) is 13.2 Å². The van der Waals surface area contributed by atoms with Gasteiger partial charge in [-0.2, -0.15) is 0 Å². The van der Waals surface area contributed by atoms with E-state index in [2.05, 4.69) is 4.72 Å². The van der Waals surface area contributed by atoms with Gasteiger partial charge in [0.05, 0.1) is 17.9 Å². The van der Waals surface area contributed by atoms with E-state index >= 15 is 0 Å². The molecule has 0 bridgehead atoms. The number of aryl methyl sites for hydroxylation is 1. The van der Waals surface area contributed by atoms with Crippen LogP contribution in [0.5, 0.6) is 0 Å². The third-order valence-electron chi connectivity index (χ3n) is 3.27. The number of carbonyl (C=O) groups is 1. The van der Waals surface area contributed by atoms with Crippen molar-refractivity contribution in [2.45, 2.75) is 51.3 Å². The highest BCUT2D eigenvalue weighted by Crippen LogP contribution is 2.26. The maximum absolute atomic E-state index is 12.4. The van der Waals surface area contributed by atoms with Crippen LogP contribution in [0, 0.1) is 6.92 Å². The van der Waals surface area contributed by atoms with Crippen LogP contribution in [0.4, 0.5) is 0 Å². The summed E-state index contributed by atoms with van der Waals surface area (Å²) in [4.78, 5) is 11.5. The summed E-state index contributed by atoms with van der Waals surface area (Å²) in [5, 5.41) is 0. The Bertz CT molecular complexity index is 630. The second-order valence-corrected chi connectivity index (χ2v) is 7.92. The zero-order chi connectivity index (χ0) is 17.0. The van der Waals surface area contributed by atoms with Crippen molar-refractivity contribution in [1.29, 1.82) is 0 Å². The van der Waals surface area contributed by atoms with E-state index in [1.807, 2.05) is 26.8 Å². The Labute approximate surface area is 133 Å². The van der Waals surface area contributed by atoms with Gasteiger partial charge in [-0.3, -0.25) is 4.79 Å². The van der Waals surface area contributed by atoms with E-state index in [1.54, 1.807) is 26.0 Å². The third-order valence-corrected chi connectivity index (χ3v) is 4.87. The first kappa shape index (κ1) is 18.6. The summed E-state index contributed by atoms with van der Waals surface area (Å²) in [6.45, 7) is 9.88. The summed E-state index contributed by atoms with van der Waals surface area (Å²) in [7, 11) is -3.64. The van der Waals surface area contributed by atoms with Crippen molar-refractivity contribution < 1.29 is 17.9 Å². The van der Waals surface area contributed by atoms with Gasteiger partial charge in [0.25, 0.3) is 0 Å². The van der Waals surface area contributed by atoms with Gasteiger partial charge < -0.3 is 4.74 Å². The number of ether oxygens (including phenoxy) is 1. The van der Waals surface area contributed by atoms with Gasteiger partial charge in [0, 0.05) is 6.54 Å². The molecule has 0 spiro atoms. The standard InChI is InChI=1S/C16H25NO4S/c1-6-21-15(18)9-10-17-22(19,20)14-11-13(16(3,4)5)8-7-12(14)2/h7-8,11,17H,6,9-10H2,1-5H3. The Kier molecular flexibility index (Phi) is 6.14. The molecule has 1 aromatic rings. The highest BCUT2D eigenvalue weighted by atomic mass is 32.2. The van der Waals surface area contributed by atoms with Crippen LogP contribution in [-0.2, 0) is 25.0 Å². The molecule has 0 saturated carbocycles. The number of hydrogen-bond acceptors (Lipinski definition) is 4. The van der Waals surface area contributed by atoms with E-state index < -0.39 is 16.0 Å². The molecular weight excluding hydrogens is 302 g/mol. The van der Waals surface area contributed by atoms with Crippen LogP contribution >= 0.6 is 0 Å². The van der Waals surface area contributed by atoms with Crippen molar-refractivity contribution in [3.8, 4) is 0 Å². The summed E-state index contributed by atoms with van der Waals surface area (Å²) in [5.41, 5.74) is 1.49. The SMILES string of the molecule is CCOC(=O)CCNS(=O)(=O)c1cc(C(C)(C)C)ccc1C. The number of sulfonamides is 1. The Hall–Kier alpha value is -1.40. The zero-order valence-corrected chi connectivity index (χ0v) is 14.7. The number of nitrogens with one attached hydrogen (secondary N) is 1. The van der Waals surface area contributed by atoms with Crippen molar-refractivity contribution in [1.82, 2.24) is 4.72 Å². The lowest BCUT2D eigenvalue weighted by atomic mass is 9.87. The van der Waals surface area contributed by atoms with Crippen LogP contribution in [0.2, 0.25) is 0 Å². The fourth-order valence-electron chi connectivity index (χ4n) is 1.95. The van der Waals surface area contributed by atoms with Crippen LogP contribution in [0.25, 0.3) is 0 Å². The van der Waals surface area contributed by atoms with Gasteiger partial charge in [-0.1, -0.05) is 32.9 Å². The summed E-state index contributed by atoms with van der Waals surface area (Å²) in [6, 6.07) is 5.44. The van der Waals surface area contributed by atoms with Gasteiger partial charge in [0.1, 0.15) is 0 Å². The minimum absolute atomic E-state index is 0.0189. The maximum Gasteiger partial charge on any atom is 0.307 e. The van der Waals surface area contributed by atoms with Crippen molar-refractivity contribution >= 4 is 16.0 Å². The lowest BCUT2D eigenvalue weighted by molar-refractivity contribution is -0.142. The molecule has 0 aromatic heterocycles. The van der Waals surface area contributed by atoms with E-state index in [0.29, 0.717) is 5.56 Å². The molecule has 1 N–H and O–H groups in total. The van der Waals surface area contributed by atoms with Gasteiger partial charge >= 0.3 is 5.97 Å². The molecule has 5 nitrogen and oxygen atoms in total. The minimum atomic E-state index is -3.64. The molecule has 6 heteroatoms. The van der Waals surface area contributed by atoms with Crippen LogP contribution in [-0.4, -0.2) is 27.5 Å². The minimum Gasteiger partial charge on any atom is -0.466 e. The molecule has 0 amide bonds. The summed E-state index contributed by atoms with van der Waals surface area (Å²) in [5.74, 6) is -0.412. The lowest BCUT2D eigenvalue weighted by Crippen LogP contribution is -2.28. The smallest absolute Gasteiger partial charge is 0.307 e. The Balaban J connectivity index is 2.91. The number of hydrogen-bond donors (Lipinski definition) is 1. The van der Waals surface area contributed by atoms with Crippen molar-refractivity contribution in [3.05, 3.63) is 29.3 Å². The van der Waals surface area contributed by atoms with Crippen molar-refractivity contribution in [2.24, 2.45) is 0 Å². The van der Waals surface area contributed by atoms with Crippen LogP contribution in [0.15, 0.2) is 23.1 Å². The molecule has 0 aliphatic heterocycles. The topological polar surface area (TPSA) is 72.5 Å². The molecular formula is C16H25NO4S. The molecule has 1 aromatic carbocycles. The average Bonchev–Trinajstić information content (AvgIpc) is 2.37. The van der Waals surface area contributed by atoms with Gasteiger partial charge in [-0.05, 0) is 36.5 Å². The molecule has 0 saturated heterocycles. The van der Waals surface area contributed by atoms with E-state index in [9.17, 15) is 13.2 Å². The first-order chi connectivity index (χ1) is 10.1. The summed E-state index contributed by atoms with van der Waals surface area (Å²) in [6.07, 6.45) is 0.0189. The Morgan fingerprint density at radius 2 is 1.91 bits per heavy atom. The molecule has 22 heavy (non-hydrogen) atoms.